The summed E-state index contributed by atoms with van der Waals surface area (Å²) in [5, 5.41) is 1.94. The third-order valence-electron chi connectivity index (χ3n) is 7.45. The predicted molar refractivity (Wildman–Crippen MR) is 163 cm³/mol. The number of hydrogen-bond donors (Lipinski definition) is 1. The van der Waals surface area contributed by atoms with Gasteiger partial charge in [-0.15, -0.1) is 0 Å². The Kier molecular flexibility index (Phi) is 7.73. The van der Waals surface area contributed by atoms with E-state index in [-0.39, 0.29) is 5.24 Å². The predicted octanol–water partition coefficient (Wildman–Crippen LogP) is 3.98. The molecule has 41 heavy (non-hydrogen) atoms. The highest BCUT2D eigenvalue weighted by Gasteiger charge is 2.26. The van der Waals surface area contributed by atoms with Gasteiger partial charge in [-0.3, -0.25) is 14.9 Å². The summed E-state index contributed by atoms with van der Waals surface area (Å²) in [6.45, 7) is 7.17. The summed E-state index contributed by atoms with van der Waals surface area (Å²) >= 11 is 0.885. The van der Waals surface area contributed by atoms with E-state index in [2.05, 4.69) is 26.1 Å². The summed E-state index contributed by atoms with van der Waals surface area (Å²) in [5.41, 5.74) is 2.53. The quantitative estimate of drug-likeness (QED) is 0.434. The van der Waals surface area contributed by atoms with Crippen molar-refractivity contribution in [2.24, 2.45) is 0 Å². The number of nitrogens with zero attached hydrogens (tertiary/aromatic N) is 8. The minimum Gasteiger partial charge on any atom is -0.355 e. The van der Waals surface area contributed by atoms with E-state index in [1.165, 1.54) is 12.8 Å². The number of rotatable bonds is 6. The lowest BCUT2D eigenvalue weighted by atomic mass is 10.2. The molecule has 11 nitrogen and oxygen atoms in total. The summed E-state index contributed by atoms with van der Waals surface area (Å²) in [5.74, 6) is 2.66. The van der Waals surface area contributed by atoms with E-state index in [9.17, 15) is 9.59 Å². The zero-order valence-electron chi connectivity index (χ0n) is 23.3. The minimum absolute atomic E-state index is 0.322. The summed E-state index contributed by atoms with van der Waals surface area (Å²) in [7, 11) is 1.96. The van der Waals surface area contributed by atoms with Crippen molar-refractivity contribution in [2.75, 3.05) is 65.9 Å². The average Bonchev–Trinajstić information content (AvgIpc) is 3.54. The monoisotopic (exact) mass is 571 g/mol. The number of carbonyl (C=O) groups excluding carboxylic acids is 2. The Labute approximate surface area is 243 Å². The molecule has 0 aliphatic carbocycles. The molecule has 12 heteroatoms. The van der Waals surface area contributed by atoms with Crippen molar-refractivity contribution in [3.05, 3.63) is 58.8 Å². The van der Waals surface area contributed by atoms with Gasteiger partial charge >= 0.3 is 0 Å². The second-order valence-electron chi connectivity index (χ2n) is 10.4. The molecular formula is C29H33N9O2S. The molecule has 1 aromatic carbocycles. The van der Waals surface area contributed by atoms with Crippen LogP contribution in [-0.4, -0.2) is 77.4 Å². The largest absolute Gasteiger partial charge is 0.355 e. The summed E-state index contributed by atoms with van der Waals surface area (Å²) in [6.07, 6.45) is 4.93. The standard InChI is InChI=1S/C29H33N9O2S/c1-20-17-25(33-27(30-20)37-11-6-7-12-37)36-13-8-14-38(16-15-36)28-31-21(18-23-26(39)34-29(40)41-23)19-24(32-28)35(2)22-9-4-3-5-10-22/h3-5,9-10,17-19H,6-8,11-16H2,1-2H3,(H,34,39,40). The molecule has 3 fully saturated rings. The first kappa shape index (κ1) is 27.0. The number of nitrogens with one attached hydrogen (secondary N) is 1. The van der Waals surface area contributed by atoms with Gasteiger partial charge in [0.25, 0.3) is 11.1 Å². The molecule has 0 saturated carbocycles. The zero-order valence-corrected chi connectivity index (χ0v) is 24.1. The van der Waals surface area contributed by atoms with Gasteiger partial charge in [-0.1, -0.05) is 18.2 Å². The van der Waals surface area contributed by atoms with Gasteiger partial charge < -0.3 is 19.6 Å². The van der Waals surface area contributed by atoms with Crippen molar-refractivity contribution < 1.29 is 9.59 Å². The lowest BCUT2D eigenvalue weighted by Crippen LogP contribution is -2.33. The normalized spacial score (nSPS) is 18.7. The Morgan fingerprint density at radius 1 is 0.829 bits per heavy atom. The van der Waals surface area contributed by atoms with Crippen LogP contribution in [0.25, 0.3) is 6.08 Å². The van der Waals surface area contributed by atoms with Crippen molar-refractivity contribution in [3.8, 4) is 0 Å². The molecule has 2 aromatic heterocycles. The summed E-state index contributed by atoms with van der Waals surface area (Å²) in [4.78, 5) is 52.5. The number of carbonyl (C=O) groups is 2. The Hall–Kier alpha value is -4.19. The van der Waals surface area contributed by atoms with Crippen molar-refractivity contribution in [2.45, 2.75) is 26.2 Å². The molecule has 3 aromatic rings. The molecule has 2 amide bonds. The lowest BCUT2D eigenvalue weighted by Gasteiger charge is -2.25. The second kappa shape index (κ2) is 11.7. The molecule has 6 rings (SSSR count). The van der Waals surface area contributed by atoms with Gasteiger partial charge in [0.2, 0.25) is 11.9 Å². The molecule has 1 N–H and O–H groups in total. The maximum Gasteiger partial charge on any atom is 0.290 e. The Morgan fingerprint density at radius 3 is 2.27 bits per heavy atom. The molecule has 0 atom stereocenters. The van der Waals surface area contributed by atoms with Crippen molar-refractivity contribution in [1.82, 2.24) is 25.3 Å². The highest BCUT2D eigenvalue weighted by Crippen LogP contribution is 2.29. The van der Waals surface area contributed by atoms with E-state index < -0.39 is 5.91 Å². The fourth-order valence-electron chi connectivity index (χ4n) is 5.27. The Bertz CT molecular complexity index is 1480. The van der Waals surface area contributed by atoms with Gasteiger partial charge in [-0.25, -0.2) is 9.97 Å². The number of aromatic nitrogens is 4. The molecule has 0 spiro atoms. The van der Waals surface area contributed by atoms with Crippen molar-refractivity contribution >= 4 is 58.2 Å². The van der Waals surface area contributed by atoms with Gasteiger partial charge in [0.15, 0.2) is 0 Å². The number of anilines is 5. The maximum absolute atomic E-state index is 12.3. The minimum atomic E-state index is -0.406. The van der Waals surface area contributed by atoms with E-state index >= 15 is 0 Å². The van der Waals surface area contributed by atoms with E-state index in [0.717, 1.165) is 74.1 Å². The number of thioether (sulfide) groups is 1. The van der Waals surface area contributed by atoms with Gasteiger partial charge in [0, 0.05) is 69.8 Å². The van der Waals surface area contributed by atoms with Gasteiger partial charge in [0.1, 0.15) is 11.6 Å². The van der Waals surface area contributed by atoms with Crippen molar-refractivity contribution in [3.63, 3.8) is 0 Å². The number of imide groups is 1. The van der Waals surface area contributed by atoms with Crippen LogP contribution in [0, 0.1) is 6.92 Å². The molecular weight excluding hydrogens is 538 g/mol. The van der Waals surface area contributed by atoms with Crippen LogP contribution < -0.4 is 24.9 Å². The molecule has 3 aliphatic rings. The van der Waals surface area contributed by atoms with Crippen LogP contribution in [-0.2, 0) is 4.79 Å². The Balaban J connectivity index is 1.28. The van der Waals surface area contributed by atoms with Crippen LogP contribution in [0.2, 0.25) is 0 Å². The summed E-state index contributed by atoms with van der Waals surface area (Å²) in [6, 6.07) is 13.9. The number of para-hydroxylation sites is 1. The van der Waals surface area contributed by atoms with Crippen LogP contribution in [0.4, 0.5) is 34.0 Å². The third kappa shape index (κ3) is 6.12. The van der Waals surface area contributed by atoms with Crippen LogP contribution in [0.5, 0.6) is 0 Å². The van der Waals surface area contributed by atoms with Gasteiger partial charge in [0.05, 0.1) is 10.6 Å². The topological polar surface area (TPSA) is 111 Å². The number of aryl methyl sites for hydroxylation is 1. The third-order valence-corrected chi connectivity index (χ3v) is 8.26. The second-order valence-corrected chi connectivity index (χ2v) is 11.4. The van der Waals surface area contributed by atoms with Crippen LogP contribution in [0.3, 0.4) is 0 Å². The van der Waals surface area contributed by atoms with E-state index in [0.29, 0.717) is 28.9 Å². The van der Waals surface area contributed by atoms with Crippen LogP contribution in [0.1, 0.15) is 30.7 Å². The number of hydrogen-bond acceptors (Lipinski definition) is 11. The lowest BCUT2D eigenvalue weighted by molar-refractivity contribution is -0.115. The molecule has 0 unspecified atom stereocenters. The highest BCUT2D eigenvalue weighted by molar-refractivity contribution is 8.18. The zero-order chi connectivity index (χ0) is 28.3. The van der Waals surface area contributed by atoms with Crippen LogP contribution >= 0.6 is 11.8 Å². The molecule has 0 radical (unpaired) electrons. The fraction of sp³-hybridized carbons (Fsp3) is 0.379. The molecule has 212 valence electrons. The molecule has 3 saturated heterocycles. The van der Waals surface area contributed by atoms with Crippen LogP contribution in [0.15, 0.2) is 47.4 Å². The molecule has 0 bridgehead atoms. The SMILES string of the molecule is Cc1cc(N2CCCN(c3nc(C=C4SC(=O)NC4=O)cc(N(C)c4ccccc4)n3)CC2)nc(N2CCCC2)n1. The van der Waals surface area contributed by atoms with E-state index in [1.807, 2.05) is 55.3 Å². The first-order valence-corrected chi connectivity index (χ1v) is 14.8. The number of benzene rings is 1. The molecule has 3 aliphatic heterocycles. The van der Waals surface area contributed by atoms with Gasteiger partial charge in [-0.05, 0) is 56.2 Å². The molecule has 5 heterocycles. The highest BCUT2D eigenvalue weighted by atomic mass is 32.2. The smallest absolute Gasteiger partial charge is 0.290 e. The summed E-state index contributed by atoms with van der Waals surface area (Å²) < 4.78 is 0. The van der Waals surface area contributed by atoms with E-state index in [1.54, 1.807) is 6.08 Å². The Morgan fingerprint density at radius 2 is 1.51 bits per heavy atom. The van der Waals surface area contributed by atoms with Crippen molar-refractivity contribution in [1.29, 1.82) is 0 Å². The number of amides is 2. The average molecular weight is 572 g/mol. The maximum atomic E-state index is 12.3. The fourth-order valence-corrected chi connectivity index (χ4v) is 5.94. The van der Waals surface area contributed by atoms with E-state index in [4.69, 9.17) is 19.9 Å². The van der Waals surface area contributed by atoms with Gasteiger partial charge in [-0.2, -0.15) is 9.97 Å². The first-order valence-electron chi connectivity index (χ1n) is 14.0. The first-order chi connectivity index (χ1) is 19.9.